The van der Waals surface area contributed by atoms with Crippen LogP contribution in [-0.4, -0.2) is 35.0 Å². The van der Waals surface area contributed by atoms with Gasteiger partial charge in [-0.2, -0.15) is 31.4 Å². The van der Waals surface area contributed by atoms with Crippen molar-refractivity contribution in [1.29, 1.82) is 0 Å². The lowest BCUT2D eigenvalue weighted by atomic mass is 9.90. The third kappa shape index (κ3) is 4.69. The van der Waals surface area contributed by atoms with Crippen molar-refractivity contribution >= 4 is 34.8 Å². The number of halogens is 7. The van der Waals surface area contributed by atoms with Crippen molar-refractivity contribution in [3.8, 4) is 11.1 Å². The van der Waals surface area contributed by atoms with Crippen LogP contribution in [0.3, 0.4) is 0 Å². The lowest BCUT2D eigenvalue weighted by Gasteiger charge is -2.32. The molecule has 0 amide bonds. The molecule has 1 heterocycles. The van der Waals surface area contributed by atoms with E-state index in [0.717, 1.165) is 21.0 Å². The average molecular weight is 545 g/mol. The van der Waals surface area contributed by atoms with Gasteiger partial charge in [-0.1, -0.05) is 54.1 Å². The highest BCUT2D eigenvalue weighted by Gasteiger charge is 2.74. The molecule has 36 heavy (non-hydrogen) atoms. The summed E-state index contributed by atoms with van der Waals surface area (Å²) in [5.74, 6) is 0. The molecule has 0 aliphatic carbocycles. The summed E-state index contributed by atoms with van der Waals surface area (Å²) in [7, 11) is 0. The van der Waals surface area contributed by atoms with Crippen LogP contribution in [0.25, 0.3) is 11.1 Å². The molecule has 1 unspecified atom stereocenters. The second-order valence-corrected chi connectivity index (χ2v) is 9.40. The van der Waals surface area contributed by atoms with Crippen LogP contribution < -0.4 is 5.01 Å². The Morgan fingerprint density at radius 2 is 1.53 bits per heavy atom. The van der Waals surface area contributed by atoms with Crippen LogP contribution in [0.4, 0.5) is 32.0 Å². The Morgan fingerprint density at radius 1 is 0.889 bits per heavy atom. The molecule has 0 aromatic heterocycles. The first kappa shape index (κ1) is 26.4. The lowest BCUT2D eigenvalue weighted by Crippen LogP contribution is -2.62. The predicted octanol–water partition coefficient (Wildman–Crippen LogP) is 7.89. The van der Waals surface area contributed by atoms with E-state index in [1.807, 2.05) is 30.5 Å². The first-order chi connectivity index (χ1) is 16.9. The van der Waals surface area contributed by atoms with Gasteiger partial charge >= 0.3 is 12.4 Å². The molecular formula is C25H19ClF6N2OS. The van der Waals surface area contributed by atoms with Crippen molar-refractivity contribution in [2.24, 2.45) is 5.10 Å². The Balaban J connectivity index is 1.80. The topological polar surface area (TPSA) is 35.8 Å². The molecule has 3 aromatic rings. The molecule has 1 atom stereocenters. The molecule has 0 spiro atoms. The standard InChI is InChI=1S/C25H19ClF6N2OS/c1-36-18-6-4-5-16(13-18)15-9-11-17(12-10-15)34-21(19-7-2-3-8-20(19)26)14-22(33-34)23(35,24(27,28)29)25(30,31)32/h2-13,21,35H,14H2,1H3. The molecule has 1 aliphatic heterocycles. The highest BCUT2D eigenvalue weighted by atomic mass is 35.5. The third-order valence-corrected chi connectivity index (χ3v) is 7.02. The maximum absolute atomic E-state index is 13.6. The molecule has 0 fully saturated rings. The summed E-state index contributed by atoms with van der Waals surface area (Å²) in [6.07, 6.45) is -11.0. The summed E-state index contributed by atoms with van der Waals surface area (Å²) in [5.41, 5.74) is -4.34. The maximum atomic E-state index is 13.6. The fourth-order valence-electron chi connectivity index (χ4n) is 4.05. The third-order valence-electron chi connectivity index (χ3n) is 5.95. The summed E-state index contributed by atoms with van der Waals surface area (Å²) in [6, 6.07) is 19.2. The van der Waals surface area contributed by atoms with E-state index in [9.17, 15) is 31.4 Å². The van der Waals surface area contributed by atoms with Crippen LogP contribution in [0.15, 0.2) is 82.8 Å². The molecule has 11 heteroatoms. The van der Waals surface area contributed by atoms with Crippen LogP contribution in [-0.2, 0) is 0 Å². The van der Waals surface area contributed by atoms with E-state index in [4.69, 9.17) is 11.6 Å². The normalized spacial score (nSPS) is 16.9. The van der Waals surface area contributed by atoms with Crippen molar-refractivity contribution in [2.45, 2.75) is 35.3 Å². The summed E-state index contributed by atoms with van der Waals surface area (Å²) >= 11 is 7.81. The van der Waals surface area contributed by atoms with Crippen molar-refractivity contribution in [1.82, 2.24) is 0 Å². The zero-order valence-electron chi connectivity index (χ0n) is 18.6. The lowest BCUT2D eigenvalue weighted by molar-refractivity contribution is -0.338. The Morgan fingerprint density at radius 3 is 2.11 bits per heavy atom. The van der Waals surface area contributed by atoms with E-state index in [1.54, 1.807) is 48.2 Å². The number of hydrogen-bond donors (Lipinski definition) is 1. The minimum atomic E-state index is -6.03. The van der Waals surface area contributed by atoms with Gasteiger partial charge in [0.15, 0.2) is 0 Å². The zero-order chi connectivity index (χ0) is 26.3. The SMILES string of the molecule is CSc1cccc(-c2ccc(N3N=C(C(O)(C(F)(F)F)C(F)(F)F)CC3c3ccccc3Cl)cc2)c1. The number of anilines is 1. The van der Waals surface area contributed by atoms with Crippen molar-refractivity contribution < 1.29 is 31.4 Å². The molecule has 1 aliphatic rings. The monoisotopic (exact) mass is 544 g/mol. The molecule has 4 rings (SSSR count). The van der Waals surface area contributed by atoms with Crippen LogP contribution in [0, 0.1) is 0 Å². The smallest absolute Gasteiger partial charge is 0.369 e. The number of alkyl halides is 6. The van der Waals surface area contributed by atoms with Gasteiger partial charge < -0.3 is 5.11 Å². The molecule has 3 aromatic carbocycles. The predicted molar refractivity (Wildman–Crippen MR) is 129 cm³/mol. The summed E-state index contributed by atoms with van der Waals surface area (Å²) in [4.78, 5) is 1.03. The van der Waals surface area contributed by atoms with E-state index in [1.165, 1.54) is 12.1 Å². The quantitative estimate of drug-likeness (QED) is 0.262. The van der Waals surface area contributed by atoms with Crippen LogP contribution in [0.2, 0.25) is 5.02 Å². The fourth-order valence-corrected chi connectivity index (χ4v) is 4.77. The van der Waals surface area contributed by atoms with Gasteiger partial charge in [0.05, 0.1) is 17.4 Å². The van der Waals surface area contributed by atoms with E-state index >= 15 is 0 Å². The number of aliphatic hydroxyl groups is 1. The Labute approximate surface area is 212 Å². The second-order valence-electron chi connectivity index (χ2n) is 8.12. The van der Waals surface area contributed by atoms with E-state index < -0.39 is 36.1 Å². The first-order valence-electron chi connectivity index (χ1n) is 10.6. The van der Waals surface area contributed by atoms with Gasteiger partial charge in [0.1, 0.15) is 0 Å². The molecule has 0 saturated carbocycles. The van der Waals surface area contributed by atoms with E-state index in [-0.39, 0.29) is 16.3 Å². The molecule has 0 bridgehead atoms. The molecule has 0 saturated heterocycles. The van der Waals surface area contributed by atoms with Gasteiger partial charge in [-0.05, 0) is 53.3 Å². The second kappa shape index (κ2) is 9.64. The molecule has 3 nitrogen and oxygen atoms in total. The number of benzene rings is 3. The number of hydrazone groups is 1. The molecular weight excluding hydrogens is 526 g/mol. The van der Waals surface area contributed by atoms with Gasteiger partial charge in [-0.3, -0.25) is 5.01 Å². The molecule has 0 radical (unpaired) electrons. The molecule has 1 N–H and O–H groups in total. The highest BCUT2D eigenvalue weighted by molar-refractivity contribution is 7.98. The van der Waals surface area contributed by atoms with Crippen LogP contribution in [0.5, 0.6) is 0 Å². The van der Waals surface area contributed by atoms with E-state index in [2.05, 4.69) is 5.10 Å². The number of thioether (sulfide) groups is 1. The fraction of sp³-hybridized carbons (Fsp3) is 0.240. The zero-order valence-corrected chi connectivity index (χ0v) is 20.2. The van der Waals surface area contributed by atoms with Gasteiger partial charge in [-0.25, -0.2) is 0 Å². The number of rotatable bonds is 5. The molecule has 190 valence electrons. The summed E-state index contributed by atoms with van der Waals surface area (Å²) in [6.45, 7) is 0. The van der Waals surface area contributed by atoms with Crippen molar-refractivity contribution in [2.75, 3.05) is 11.3 Å². The van der Waals surface area contributed by atoms with Crippen molar-refractivity contribution in [3.05, 3.63) is 83.4 Å². The minimum absolute atomic E-state index is 0.150. The Kier molecular flexibility index (Phi) is 7.07. The van der Waals surface area contributed by atoms with Gasteiger partial charge in [0, 0.05) is 16.3 Å². The van der Waals surface area contributed by atoms with Crippen LogP contribution >= 0.6 is 23.4 Å². The summed E-state index contributed by atoms with van der Waals surface area (Å²) < 4.78 is 81.6. The van der Waals surface area contributed by atoms with Gasteiger partial charge in [0.25, 0.3) is 5.60 Å². The van der Waals surface area contributed by atoms with E-state index in [0.29, 0.717) is 0 Å². The summed E-state index contributed by atoms with van der Waals surface area (Å²) in [5, 5.41) is 14.9. The largest absolute Gasteiger partial charge is 0.431 e. The minimum Gasteiger partial charge on any atom is -0.369 e. The number of hydrogen-bond acceptors (Lipinski definition) is 4. The Hall–Kier alpha value is -2.69. The number of nitrogens with zero attached hydrogens (tertiary/aromatic N) is 2. The maximum Gasteiger partial charge on any atom is 0.431 e. The van der Waals surface area contributed by atoms with Crippen LogP contribution in [0.1, 0.15) is 18.0 Å². The van der Waals surface area contributed by atoms with Gasteiger partial charge in [-0.15, -0.1) is 11.8 Å². The highest BCUT2D eigenvalue weighted by Crippen LogP contribution is 2.49. The van der Waals surface area contributed by atoms with Gasteiger partial charge in [0.2, 0.25) is 0 Å². The van der Waals surface area contributed by atoms with Crippen molar-refractivity contribution in [3.63, 3.8) is 0 Å². The average Bonchev–Trinajstić information content (AvgIpc) is 3.28. The first-order valence-corrected chi connectivity index (χ1v) is 12.2. The Bertz CT molecular complexity index is 1260.